The van der Waals surface area contributed by atoms with Crippen LogP contribution in [0.2, 0.25) is 0 Å². The Morgan fingerprint density at radius 3 is 2.80 bits per heavy atom. The molecular weight excluding hydrogens is 270 g/mol. The molecule has 20 heavy (non-hydrogen) atoms. The number of hydrogen-bond acceptors (Lipinski definition) is 4. The predicted molar refractivity (Wildman–Crippen MR) is 87.8 cm³/mol. The molecule has 0 saturated heterocycles. The van der Waals surface area contributed by atoms with E-state index in [9.17, 15) is 5.11 Å². The first kappa shape index (κ1) is 17.3. The van der Waals surface area contributed by atoms with Crippen molar-refractivity contribution in [2.45, 2.75) is 38.0 Å². The van der Waals surface area contributed by atoms with Crippen LogP contribution < -0.4 is 10.1 Å². The van der Waals surface area contributed by atoms with Crippen molar-refractivity contribution in [2.24, 2.45) is 0 Å². The van der Waals surface area contributed by atoms with E-state index >= 15 is 0 Å². The maximum Gasteiger partial charge on any atom is 0.119 e. The highest BCUT2D eigenvalue weighted by Crippen LogP contribution is 2.19. The van der Waals surface area contributed by atoms with Crippen molar-refractivity contribution in [1.29, 1.82) is 0 Å². The minimum atomic E-state index is -0.488. The van der Waals surface area contributed by atoms with E-state index in [-0.39, 0.29) is 4.75 Å². The fourth-order valence-electron chi connectivity index (χ4n) is 1.72. The second-order valence-electron chi connectivity index (χ2n) is 5.56. The second-order valence-corrected chi connectivity index (χ2v) is 7.07. The minimum Gasteiger partial charge on any atom is -0.491 e. The number of aliphatic hydroxyl groups is 1. The lowest BCUT2D eigenvalue weighted by atomic mass is 10.2. The molecule has 1 rings (SSSR count). The lowest BCUT2D eigenvalue weighted by molar-refractivity contribution is 0.106. The standard InChI is InChI=1S/C16H27NO2S/c1-5-13-7-6-8-15(9-13)19-11-14(18)10-17-12-16(2,3)20-4/h6-9,14,17-18H,5,10-12H2,1-4H3. The molecule has 0 heterocycles. The van der Waals surface area contributed by atoms with Crippen LogP contribution in [0.4, 0.5) is 0 Å². The molecule has 1 unspecified atom stereocenters. The van der Waals surface area contributed by atoms with Crippen LogP contribution in [0.3, 0.4) is 0 Å². The molecule has 114 valence electrons. The summed E-state index contributed by atoms with van der Waals surface area (Å²) in [5.41, 5.74) is 1.25. The van der Waals surface area contributed by atoms with Gasteiger partial charge in [0.2, 0.25) is 0 Å². The summed E-state index contributed by atoms with van der Waals surface area (Å²) in [7, 11) is 0. The van der Waals surface area contributed by atoms with Crippen LogP contribution in [0.5, 0.6) is 5.75 Å². The van der Waals surface area contributed by atoms with Gasteiger partial charge in [0.25, 0.3) is 0 Å². The Balaban J connectivity index is 2.27. The molecule has 1 aromatic carbocycles. The van der Waals surface area contributed by atoms with E-state index < -0.39 is 6.10 Å². The molecule has 0 amide bonds. The van der Waals surface area contributed by atoms with E-state index in [0.29, 0.717) is 13.2 Å². The number of aryl methyl sites for hydroxylation is 1. The number of thioether (sulfide) groups is 1. The fraction of sp³-hybridized carbons (Fsp3) is 0.625. The van der Waals surface area contributed by atoms with Crippen molar-refractivity contribution in [3.05, 3.63) is 29.8 Å². The maximum absolute atomic E-state index is 9.91. The van der Waals surface area contributed by atoms with Crippen molar-refractivity contribution in [3.8, 4) is 5.75 Å². The zero-order valence-corrected chi connectivity index (χ0v) is 13.8. The normalized spacial score (nSPS) is 13.2. The molecule has 3 nitrogen and oxygen atoms in total. The van der Waals surface area contributed by atoms with Crippen LogP contribution in [0.25, 0.3) is 0 Å². The Kier molecular flexibility index (Phi) is 7.41. The Bertz CT molecular complexity index is 396. The molecule has 1 aromatic rings. The number of nitrogens with one attached hydrogen (secondary N) is 1. The van der Waals surface area contributed by atoms with Crippen LogP contribution >= 0.6 is 11.8 Å². The SMILES string of the molecule is CCc1cccc(OCC(O)CNCC(C)(C)SC)c1. The van der Waals surface area contributed by atoms with Crippen molar-refractivity contribution in [3.63, 3.8) is 0 Å². The van der Waals surface area contributed by atoms with Crippen molar-refractivity contribution in [1.82, 2.24) is 5.32 Å². The third kappa shape index (κ3) is 6.64. The lowest BCUT2D eigenvalue weighted by Crippen LogP contribution is -2.38. The van der Waals surface area contributed by atoms with E-state index in [4.69, 9.17) is 4.74 Å². The topological polar surface area (TPSA) is 41.5 Å². The van der Waals surface area contributed by atoms with Crippen LogP contribution in [0.1, 0.15) is 26.3 Å². The van der Waals surface area contributed by atoms with Gasteiger partial charge in [0.05, 0.1) is 0 Å². The molecule has 0 aliphatic heterocycles. The Morgan fingerprint density at radius 1 is 1.40 bits per heavy atom. The van der Waals surface area contributed by atoms with Gasteiger partial charge in [0.15, 0.2) is 0 Å². The van der Waals surface area contributed by atoms with Gasteiger partial charge in [-0.05, 0) is 44.2 Å². The molecule has 0 spiro atoms. The highest BCUT2D eigenvalue weighted by Gasteiger charge is 2.15. The van der Waals surface area contributed by atoms with Gasteiger partial charge in [0, 0.05) is 17.8 Å². The average molecular weight is 297 g/mol. The van der Waals surface area contributed by atoms with Crippen molar-refractivity contribution < 1.29 is 9.84 Å². The van der Waals surface area contributed by atoms with Gasteiger partial charge < -0.3 is 15.2 Å². The van der Waals surface area contributed by atoms with Crippen molar-refractivity contribution >= 4 is 11.8 Å². The highest BCUT2D eigenvalue weighted by atomic mass is 32.2. The number of ether oxygens (including phenoxy) is 1. The summed E-state index contributed by atoms with van der Waals surface area (Å²) in [4.78, 5) is 0. The van der Waals surface area contributed by atoms with Gasteiger partial charge >= 0.3 is 0 Å². The van der Waals surface area contributed by atoms with Crippen molar-refractivity contribution in [2.75, 3.05) is 26.0 Å². The first-order valence-electron chi connectivity index (χ1n) is 7.12. The third-order valence-electron chi connectivity index (χ3n) is 3.23. The van der Waals surface area contributed by atoms with E-state index in [0.717, 1.165) is 18.7 Å². The van der Waals surface area contributed by atoms with E-state index in [1.165, 1.54) is 5.56 Å². The minimum absolute atomic E-state index is 0.191. The molecule has 0 fully saturated rings. The smallest absolute Gasteiger partial charge is 0.119 e. The summed E-state index contributed by atoms with van der Waals surface area (Å²) in [6, 6.07) is 8.02. The van der Waals surface area contributed by atoms with E-state index in [1.807, 2.05) is 30.0 Å². The summed E-state index contributed by atoms with van der Waals surface area (Å²) in [5.74, 6) is 0.827. The monoisotopic (exact) mass is 297 g/mol. The van der Waals surface area contributed by atoms with Crippen LogP contribution in [-0.4, -0.2) is 41.9 Å². The molecule has 4 heteroatoms. The molecule has 0 saturated carbocycles. The van der Waals surface area contributed by atoms with Crippen LogP contribution in [-0.2, 0) is 6.42 Å². The summed E-state index contributed by atoms with van der Waals surface area (Å²) < 4.78 is 5.81. The van der Waals surface area contributed by atoms with E-state index in [1.54, 1.807) is 0 Å². The van der Waals surface area contributed by atoms with Gasteiger partial charge in [-0.25, -0.2) is 0 Å². The largest absolute Gasteiger partial charge is 0.491 e. The number of benzene rings is 1. The average Bonchev–Trinajstić information content (AvgIpc) is 2.45. The van der Waals surface area contributed by atoms with E-state index in [2.05, 4.69) is 38.4 Å². The zero-order valence-electron chi connectivity index (χ0n) is 13.0. The molecule has 1 atom stereocenters. The number of aliphatic hydroxyl groups excluding tert-OH is 1. The molecule has 0 aromatic heterocycles. The second kappa shape index (κ2) is 8.55. The van der Waals surface area contributed by atoms with Gasteiger partial charge in [-0.15, -0.1) is 0 Å². The lowest BCUT2D eigenvalue weighted by Gasteiger charge is -2.23. The summed E-state index contributed by atoms with van der Waals surface area (Å²) in [6.07, 6.45) is 2.60. The molecular formula is C16H27NO2S. The predicted octanol–water partition coefficient (Wildman–Crippen LogP) is 2.72. The Hall–Kier alpha value is -0.710. The molecule has 0 aliphatic rings. The summed E-state index contributed by atoms with van der Waals surface area (Å²) in [6.45, 7) is 8.23. The quantitative estimate of drug-likeness (QED) is 0.735. The zero-order chi connectivity index (χ0) is 15.0. The Labute approximate surface area is 127 Å². The first-order chi connectivity index (χ1) is 9.46. The number of hydrogen-bond donors (Lipinski definition) is 2. The van der Waals surface area contributed by atoms with Crippen LogP contribution in [0.15, 0.2) is 24.3 Å². The molecule has 0 bridgehead atoms. The van der Waals surface area contributed by atoms with Gasteiger partial charge in [-0.1, -0.05) is 19.1 Å². The Morgan fingerprint density at radius 2 is 2.15 bits per heavy atom. The highest BCUT2D eigenvalue weighted by molar-refractivity contribution is 7.99. The molecule has 0 radical (unpaired) electrons. The maximum atomic E-state index is 9.91. The first-order valence-corrected chi connectivity index (χ1v) is 8.35. The summed E-state index contributed by atoms with van der Waals surface area (Å²) >= 11 is 1.82. The molecule has 0 aliphatic carbocycles. The third-order valence-corrected chi connectivity index (χ3v) is 4.48. The van der Waals surface area contributed by atoms with Gasteiger partial charge in [-0.3, -0.25) is 0 Å². The summed E-state index contributed by atoms with van der Waals surface area (Å²) in [5, 5.41) is 13.2. The van der Waals surface area contributed by atoms with Gasteiger partial charge in [0.1, 0.15) is 18.5 Å². The number of rotatable bonds is 9. The van der Waals surface area contributed by atoms with Gasteiger partial charge in [-0.2, -0.15) is 11.8 Å². The molecule has 2 N–H and O–H groups in total. The fourth-order valence-corrected chi connectivity index (χ4v) is 1.96. The van der Waals surface area contributed by atoms with Crippen LogP contribution in [0, 0.1) is 0 Å².